The van der Waals surface area contributed by atoms with Crippen molar-refractivity contribution in [1.29, 1.82) is 0 Å². The Hall–Kier alpha value is -1.02. The van der Waals surface area contributed by atoms with Crippen molar-refractivity contribution in [2.24, 2.45) is 17.6 Å². The third-order valence-electron chi connectivity index (χ3n) is 3.30. The molecule has 0 saturated heterocycles. The van der Waals surface area contributed by atoms with Gasteiger partial charge in [0.05, 0.1) is 0 Å². The van der Waals surface area contributed by atoms with Crippen molar-refractivity contribution in [3.8, 4) is 0 Å². The monoisotopic (exact) mass is 204 g/mol. The number of anilines is 1. The lowest BCUT2D eigenvalue weighted by atomic mass is 10.1. The summed E-state index contributed by atoms with van der Waals surface area (Å²) in [5.41, 5.74) is 8.23. The van der Waals surface area contributed by atoms with Crippen molar-refractivity contribution in [3.63, 3.8) is 0 Å². The van der Waals surface area contributed by atoms with Crippen molar-refractivity contribution >= 4 is 5.69 Å². The van der Waals surface area contributed by atoms with Crippen LogP contribution in [0.1, 0.15) is 18.9 Å². The molecule has 1 aromatic rings. The van der Waals surface area contributed by atoms with Gasteiger partial charge < -0.3 is 11.1 Å². The van der Waals surface area contributed by atoms with E-state index in [1.54, 1.807) is 0 Å². The lowest BCUT2D eigenvalue weighted by molar-refractivity contribution is 0.733. The van der Waals surface area contributed by atoms with E-state index in [0.717, 1.165) is 31.3 Å². The fraction of sp³-hybridized carbons (Fsp3) is 0.538. The zero-order chi connectivity index (χ0) is 10.7. The molecule has 0 aromatic heterocycles. The van der Waals surface area contributed by atoms with Crippen LogP contribution < -0.4 is 11.1 Å². The van der Waals surface area contributed by atoms with Crippen LogP contribution in [0.15, 0.2) is 24.3 Å². The average Bonchev–Trinajstić information content (AvgIpc) is 3.06. The van der Waals surface area contributed by atoms with Crippen molar-refractivity contribution < 1.29 is 0 Å². The first-order valence-corrected chi connectivity index (χ1v) is 5.86. The SMILES string of the molecule is CCc1ccc(NCC2CC2CN)cc1. The molecule has 2 nitrogen and oxygen atoms in total. The highest BCUT2D eigenvalue weighted by atomic mass is 14.9. The molecule has 1 aliphatic carbocycles. The van der Waals surface area contributed by atoms with Crippen molar-refractivity contribution in [3.05, 3.63) is 29.8 Å². The normalized spacial score (nSPS) is 23.9. The highest BCUT2D eigenvalue weighted by Gasteiger charge is 2.34. The smallest absolute Gasteiger partial charge is 0.0340 e. The second kappa shape index (κ2) is 4.67. The Bertz CT molecular complexity index is 305. The van der Waals surface area contributed by atoms with Crippen LogP contribution in [0.25, 0.3) is 0 Å². The van der Waals surface area contributed by atoms with E-state index in [9.17, 15) is 0 Å². The van der Waals surface area contributed by atoms with Gasteiger partial charge in [-0.2, -0.15) is 0 Å². The second-order valence-electron chi connectivity index (χ2n) is 4.42. The quantitative estimate of drug-likeness (QED) is 0.772. The van der Waals surface area contributed by atoms with Crippen LogP contribution in [0.4, 0.5) is 5.69 Å². The summed E-state index contributed by atoms with van der Waals surface area (Å²) in [6.45, 7) is 4.10. The molecule has 2 heteroatoms. The third-order valence-corrected chi connectivity index (χ3v) is 3.30. The molecule has 0 bridgehead atoms. The second-order valence-corrected chi connectivity index (χ2v) is 4.42. The summed E-state index contributed by atoms with van der Waals surface area (Å²) in [6.07, 6.45) is 2.41. The first kappa shape index (κ1) is 10.5. The summed E-state index contributed by atoms with van der Waals surface area (Å²) < 4.78 is 0. The summed E-state index contributed by atoms with van der Waals surface area (Å²) in [4.78, 5) is 0. The molecule has 0 amide bonds. The van der Waals surface area contributed by atoms with Gasteiger partial charge in [0.1, 0.15) is 0 Å². The third kappa shape index (κ3) is 2.72. The molecule has 1 aromatic carbocycles. The number of nitrogens with one attached hydrogen (secondary N) is 1. The van der Waals surface area contributed by atoms with E-state index in [0.29, 0.717) is 0 Å². The fourth-order valence-electron chi connectivity index (χ4n) is 1.96. The molecule has 2 atom stereocenters. The maximum atomic E-state index is 5.60. The highest BCUT2D eigenvalue weighted by Crippen LogP contribution is 2.37. The van der Waals surface area contributed by atoms with Crippen LogP contribution in [-0.4, -0.2) is 13.1 Å². The predicted molar refractivity (Wildman–Crippen MR) is 65.0 cm³/mol. The summed E-state index contributed by atoms with van der Waals surface area (Å²) in [6, 6.07) is 8.71. The number of nitrogens with two attached hydrogens (primary N) is 1. The number of benzene rings is 1. The van der Waals surface area contributed by atoms with E-state index in [1.807, 2.05) is 0 Å². The fourth-order valence-corrected chi connectivity index (χ4v) is 1.96. The van der Waals surface area contributed by atoms with E-state index in [-0.39, 0.29) is 0 Å². The number of aryl methyl sites for hydroxylation is 1. The lowest BCUT2D eigenvalue weighted by Crippen LogP contribution is -2.09. The zero-order valence-electron chi connectivity index (χ0n) is 9.37. The summed E-state index contributed by atoms with van der Waals surface area (Å²) in [7, 11) is 0. The first-order valence-electron chi connectivity index (χ1n) is 5.86. The Morgan fingerprint density at radius 2 is 2.00 bits per heavy atom. The van der Waals surface area contributed by atoms with Crippen molar-refractivity contribution in [2.75, 3.05) is 18.4 Å². The largest absolute Gasteiger partial charge is 0.385 e. The molecule has 0 spiro atoms. The van der Waals surface area contributed by atoms with Gasteiger partial charge >= 0.3 is 0 Å². The van der Waals surface area contributed by atoms with E-state index < -0.39 is 0 Å². The van der Waals surface area contributed by atoms with Crippen molar-refractivity contribution in [1.82, 2.24) is 0 Å². The Morgan fingerprint density at radius 3 is 2.53 bits per heavy atom. The zero-order valence-corrected chi connectivity index (χ0v) is 9.37. The molecule has 1 saturated carbocycles. The lowest BCUT2D eigenvalue weighted by Gasteiger charge is -2.06. The molecule has 3 N–H and O–H groups in total. The first-order chi connectivity index (χ1) is 7.33. The van der Waals surface area contributed by atoms with Crippen LogP contribution in [0.2, 0.25) is 0 Å². The van der Waals surface area contributed by atoms with E-state index in [1.165, 1.54) is 17.7 Å². The Kier molecular flexibility index (Phi) is 3.27. The summed E-state index contributed by atoms with van der Waals surface area (Å²) in [5.74, 6) is 1.58. The number of hydrogen-bond donors (Lipinski definition) is 2. The summed E-state index contributed by atoms with van der Waals surface area (Å²) >= 11 is 0. The molecule has 0 radical (unpaired) electrons. The van der Waals surface area contributed by atoms with Gasteiger partial charge in [-0.05, 0) is 48.9 Å². The van der Waals surface area contributed by atoms with Crippen LogP contribution >= 0.6 is 0 Å². The van der Waals surface area contributed by atoms with Gasteiger partial charge in [-0.25, -0.2) is 0 Å². The van der Waals surface area contributed by atoms with Crippen LogP contribution in [0, 0.1) is 11.8 Å². The highest BCUT2D eigenvalue weighted by molar-refractivity contribution is 5.44. The van der Waals surface area contributed by atoms with E-state index in [4.69, 9.17) is 5.73 Å². The van der Waals surface area contributed by atoms with Gasteiger partial charge in [-0.15, -0.1) is 0 Å². The van der Waals surface area contributed by atoms with Crippen LogP contribution in [0.5, 0.6) is 0 Å². The minimum Gasteiger partial charge on any atom is -0.385 e. The maximum Gasteiger partial charge on any atom is 0.0340 e. The molecule has 0 aliphatic heterocycles. The number of rotatable bonds is 5. The molecule has 2 unspecified atom stereocenters. The molecule has 1 aliphatic rings. The summed E-state index contributed by atoms with van der Waals surface area (Å²) in [5, 5.41) is 3.47. The van der Waals surface area contributed by atoms with Crippen LogP contribution in [-0.2, 0) is 6.42 Å². The van der Waals surface area contributed by atoms with Crippen LogP contribution in [0.3, 0.4) is 0 Å². The molecular formula is C13H20N2. The van der Waals surface area contributed by atoms with Gasteiger partial charge in [0.15, 0.2) is 0 Å². The standard InChI is InChI=1S/C13H20N2/c1-2-10-3-5-13(6-4-10)15-9-12-7-11(12)8-14/h3-6,11-12,15H,2,7-9,14H2,1H3. The number of hydrogen-bond acceptors (Lipinski definition) is 2. The Balaban J connectivity index is 1.79. The Morgan fingerprint density at radius 1 is 1.27 bits per heavy atom. The average molecular weight is 204 g/mol. The molecule has 1 fully saturated rings. The van der Waals surface area contributed by atoms with Gasteiger partial charge in [0, 0.05) is 12.2 Å². The van der Waals surface area contributed by atoms with Gasteiger partial charge in [-0.1, -0.05) is 19.1 Å². The molecule has 82 valence electrons. The minimum atomic E-state index is 0.771. The Labute approximate surface area is 91.9 Å². The van der Waals surface area contributed by atoms with E-state index >= 15 is 0 Å². The van der Waals surface area contributed by atoms with Crippen molar-refractivity contribution in [2.45, 2.75) is 19.8 Å². The molecule has 15 heavy (non-hydrogen) atoms. The minimum absolute atomic E-state index is 0.771. The molecule has 0 heterocycles. The van der Waals surface area contributed by atoms with Gasteiger partial charge in [-0.3, -0.25) is 0 Å². The van der Waals surface area contributed by atoms with Gasteiger partial charge in [0.2, 0.25) is 0 Å². The molecule has 2 rings (SSSR count). The molecular weight excluding hydrogens is 184 g/mol. The van der Waals surface area contributed by atoms with E-state index in [2.05, 4.69) is 36.5 Å². The topological polar surface area (TPSA) is 38.0 Å². The predicted octanol–water partition coefficient (Wildman–Crippen LogP) is 2.26. The van der Waals surface area contributed by atoms with Gasteiger partial charge in [0.25, 0.3) is 0 Å². The maximum absolute atomic E-state index is 5.60.